The summed E-state index contributed by atoms with van der Waals surface area (Å²) in [5, 5.41) is 9.36. The number of sulfone groups is 1. The molecule has 0 aliphatic carbocycles. The van der Waals surface area contributed by atoms with Gasteiger partial charge in [0.25, 0.3) is 0 Å². The summed E-state index contributed by atoms with van der Waals surface area (Å²) in [6.07, 6.45) is 3.72. The first-order valence-electron chi connectivity index (χ1n) is 10.3. The monoisotopic (exact) mass is 463 g/mol. The third kappa shape index (κ3) is 4.02. The number of methoxy groups -OCH3 is 1. The Bertz CT molecular complexity index is 1240. The van der Waals surface area contributed by atoms with E-state index in [1.807, 2.05) is 24.8 Å². The number of benzene rings is 1. The van der Waals surface area contributed by atoms with E-state index in [-0.39, 0.29) is 11.1 Å². The highest BCUT2D eigenvalue weighted by atomic mass is 35.5. The highest BCUT2D eigenvalue weighted by Crippen LogP contribution is 2.41. The average molecular weight is 464 g/mol. The minimum Gasteiger partial charge on any atom is -0.382 e. The molecule has 1 atom stereocenters. The third-order valence-corrected chi connectivity index (χ3v) is 6.87. The Morgan fingerprint density at radius 2 is 2.06 bits per heavy atom. The summed E-state index contributed by atoms with van der Waals surface area (Å²) in [7, 11) is -1.93. The molecule has 0 fully saturated rings. The highest BCUT2D eigenvalue weighted by molar-refractivity contribution is 7.90. The van der Waals surface area contributed by atoms with Crippen molar-refractivity contribution in [3.05, 3.63) is 34.3 Å². The van der Waals surface area contributed by atoms with Crippen molar-refractivity contribution in [2.24, 2.45) is 0 Å². The molecular formula is C21H26ClN5O3S. The van der Waals surface area contributed by atoms with E-state index in [1.165, 1.54) is 0 Å². The summed E-state index contributed by atoms with van der Waals surface area (Å²) in [6, 6.07) is 5.51. The summed E-state index contributed by atoms with van der Waals surface area (Å²) >= 11 is 6.65. The normalized spacial score (nSPS) is 15.3. The smallest absolute Gasteiger partial charge is 0.192 e. The van der Waals surface area contributed by atoms with Crippen LogP contribution in [0.4, 0.5) is 11.5 Å². The van der Waals surface area contributed by atoms with Crippen LogP contribution in [0.3, 0.4) is 0 Å². The van der Waals surface area contributed by atoms with Gasteiger partial charge in [-0.3, -0.25) is 0 Å². The van der Waals surface area contributed by atoms with Crippen molar-refractivity contribution in [1.29, 1.82) is 0 Å². The van der Waals surface area contributed by atoms with Crippen molar-refractivity contribution in [1.82, 2.24) is 20.0 Å². The van der Waals surface area contributed by atoms with Gasteiger partial charge >= 0.3 is 0 Å². The Labute approximate surface area is 187 Å². The molecule has 8 nitrogen and oxygen atoms in total. The molecule has 31 heavy (non-hydrogen) atoms. The van der Waals surface area contributed by atoms with Gasteiger partial charge in [0, 0.05) is 26.0 Å². The van der Waals surface area contributed by atoms with Crippen LogP contribution >= 0.6 is 11.6 Å². The molecule has 1 aliphatic rings. The van der Waals surface area contributed by atoms with E-state index in [4.69, 9.17) is 16.3 Å². The second kappa shape index (κ2) is 8.37. The van der Waals surface area contributed by atoms with Gasteiger partial charge in [0.1, 0.15) is 0 Å². The molecule has 0 saturated carbocycles. The van der Waals surface area contributed by atoms with E-state index in [1.54, 1.807) is 17.9 Å². The van der Waals surface area contributed by atoms with Gasteiger partial charge in [0.2, 0.25) is 0 Å². The summed E-state index contributed by atoms with van der Waals surface area (Å²) in [5.74, 6) is 0.461. The van der Waals surface area contributed by atoms with Crippen LogP contribution in [0.1, 0.15) is 36.9 Å². The average Bonchev–Trinajstić information content (AvgIpc) is 3.14. The maximum atomic E-state index is 12.5. The molecule has 3 heterocycles. The summed E-state index contributed by atoms with van der Waals surface area (Å²) in [4.78, 5) is 6.52. The Balaban J connectivity index is 1.99. The van der Waals surface area contributed by atoms with Gasteiger partial charge in [0.05, 0.1) is 28.9 Å². The lowest BCUT2D eigenvalue weighted by Gasteiger charge is -2.32. The van der Waals surface area contributed by atoms with Gasteiger partial charge in [-0.05, 0) is 43.4 Å². The number of ether oxygens (including phenoxy) is 1. The van der Waals surface area contributed by atoms with E-state index in [0.717, 1.165) is 42.3 Å². The van der Waals surface area contributed by atoms with Gasteiger partial charge in [-0.15, -0.1) is 5.10 Å². The van der Waals surface area contributed by atoms with E-state index in [9.17, 15) is 8.42 Å². The van der Waals surface area contributed by atoms with Crippen LogP contribution in [0.15, 0.2) is 23.2 Å². The zero-order chi connectivity index (χ0) is 22.3. The Morgan fingerprint density at radius 1 is 1.29 bits per heavy atom. The molecule has 0 spiro atoms. The summed E-state index contributed by atoms with van der Waals surface area (Å²) in [5.41, 5.74) is 4.23. The van der Waals surface area contributed by atoms with Gasteiger partial charge in [-0.2, -0.15) is 0 Å². The van der Waals surface area contributed by atoms with Crippen molar-refractivity contribution < 1.29 is 13.2 Å². The molecular weight excluding hydrogens is 438 g/mol. The number of anilines is 2. The van der Waals surface area contributed by atoms with Crippen LogP contribution in [0.2, 0.25) is 5.02 Å². The molecule has 2 aromatic heterocycles. The maximum absolute atomic E-state index is 12.5. The predicted octanol–water partition coefficient (Wildman–Crippen LogP) is 3.87. The first-order chi connectivity index (χ1) is 14.7. The molecule has 0 N–H and O–H groups in total. The number of hydrogen-bond acceptors (Lipinski definition) is 7. The number of hydrogen-bond donors (Lipinski definition) is 0. The fraction of sp³-hybridized carbons (Fsp3) is 0.476. The summed E-state index contributed by atoms with van der Waals surface area (Å²) < 4.78 is 32.0. The second-order valence-electron chi connectivity index (χ2n) is 7.99. The van der Waals surface area contributed by atoms with Gasteiger partial charge in [-0.25, -0.2) is 18.1 Å². The molecule has 4 rings (SSSR count). The van der Waals surface area contributed by atoms with Crippen molar-refractivity contribution in [2.45, 2.75) is 44.2 Å². The fourth-order valence-electron chi connectivity index (χ4n) is 4.15. The molecule has 166 valence electrons. The van der Waals surface area contributed by atoms with Crippen LogP contribution < -0.4 is 4.90 Å². The first-order valence-corrected chi connectivity index (χ1v) is 12.5. The molecule has 0 radical (unpaired) electrons. The lowest BCUT2D eigenvalue weighted by atomic mass is 9.99. The Hall–Kier alpha value is -2.23. The lowest BCUT2D eigenvalue weighted by Crippen LogP contribution is -2.26. The Kier molecular flexibility index (Phi) is 5.93. The van der Waals surface area contributed by atoms with Gasteiger partial charge < -0.3 is 9.64 Å². The predicted molar refractivity (Wildman–Crippen MR) is 121 cm³/mol. The molecule has 3 aromatic rings. The standard InChI is InChI=1S/C21H26ClN5O3S/c1-5-15(12-30-3)27-17-11-18(31(4,28)29)23-21(19(17)24-25-27)26-8-6-7-14-9-13(2)10-16(22)20(14)26/h9-11,15H,5-8,12H2,1-4H3/t15-/m1/s1. The lowest BCUT2D eigenvalue weighted by molar-refractivity contribution is 0.148. The van der Waals surface area contributed by atoms with Crippen LogP contribution in [-0.4, -0.2) is 54.9 Å². The van der Waals surface area contributed by atoms with E-state index < -0.39 is 9.84 Å². The second-order valence-corrected chi connectivity index (χ2v) is 10.4. The number of nitrogens with zero attached hydrogens (tertiary/aromatic N) is 5. The van der Waals surface area contributed by atoms with Crippen molar-refractivity contribution in [2.75, 3.05) is 31.4 Å². The first kappa shape index (κ1) is 22.0. The minimum absolute atomic E-state index is 0.0128. The number of pyridine rings is 1. The molecule has 0 bridgehead atoms. The molecule has 0 amide bonds. The number of rotatable bonds is 6. The van der Waals surface area contributed by atoms with Crippen molar-refractivity contribution in [3.8, 4) is 0 Å². The highest BCUT2D eigenvalue weighted by Gasteiger charge is 2.28. The SMILES string of the molecule is CC[C@H](COC)n1nnc2c(N3CCCc4cc(C)cc(Cl)c43)nc(S(C)(=O)=O)cc21. The van der Waals surface area contributed by atoms with E-state index >= 15 is 0 Å². The number of halogens is 1. The van der Waals surface area contributed by atoms with Crippen LogP contribution in [-0.2, 0) is 21.0 Å². The number of aromatic nitrogens is 4. The largest absolute Gasteiger partial charge is 0.382 e. The van der Waals surface area contributed by atoms with E-state index in [0.29, 0.717) is 35.0 Å². The number of fused-ring (bicyclic) bond motifs is 2. The van der Waals surface area contributed by atoms with Crippen LogP contribution in [0.5, 0.6) is 0 Å². The summed E-state index contributed by atoms with van der Waals surface area (Å²) in [6.45, 7) is 5.14. The topological polar surface area (TPSA) is 90.2 Å². The van der Waals surface area contributed by atoms with Crippen LogP contribution in [0.25, 0.3) is 11.0 Å². The molecule has 1 aliphatic heterocycles. The molecule has 10 heteroatoms. The third-order valence-electron chi connectivity index (χ3n) is 5.61. The molecule has 0 saturated heterocycles. The zero-order valence-electron chi connectivity index (χ0n) is 18.1. The number of aryl methyl sites for hydroxylation is 2. The zero-order valence-corrected chi connectivity index (χ0v) is 19.7. The Morgan fingerprint density at radius 3 is 2.74 bits per heavy atom. The molecule has 0 unspecified atom stereocenters. The van der Waals surface area contributed by atoms with Crippen LogP contribution in [0, 0.1) is 6.92 Å². The maximum Gasteiger partial charge on any atom is 0.192 e. The van der Waals surface area contributed by atoms with E-state index in [2.05, 4.69) is 21.4 Å². The van der Waals surface area contributed by atoms with Crippen molar-refractivity contribution >= 4 is 44.0 Å². The minimum atomic E-state index is -3.56. The van der Waals surface area contributed by atoms with Crippen molar-refractivity contribution in [3.63, 3.8) is 0 Å². The molecule has 1 aromatic carbocycles. The van der Waals surface area contributed by atoms with Gasteiger partial charge in [0.15, 0.2) is 26.2 Å². The fourth-order valence-corrected chi connectivity index (χ4v) is 5.13. The van der Waals surface area contributed by atoms with Gasteiger partial charge in [-0.1, -0.05) is 29.8 Å². The quantitative estimate of drug-likeness (QED) is 0.548.